The zero-order valence-electron chi connectivity index (χ0n) is 36.0. The summed E-state index contributed by atoms with van der Waals surface area (Å²) in [7, 11) is 4.23. The molecule has 0 N–H and O–H groups in total. The number of ether oxygens (including phenoxy) is 8. The second-order valence-electron chi connectivity index (χ2n) is 18.3. The van der Waals surface area contributed by atoms with Crippen molar-refractivity contribution in [3.05, 3.63) is 11.1 Å². The summed E-state index contributed by atoms with van der Waals surface area (Å²) in [5.41, 5.74) is -0.252. The number of carbonyl (C=O) groups is 5. The van der Waals surface area contributed by atoms with Crippen LogP contribution in [0.15, 0.2) is 11.1 Å². The molecule has 0 saturated heterocycles. The van der Waals surface area contributed by atoms with Crippen LogP contribution in [0, 0.1) is 39.4 Å². The highest BCUT2D eigenvalue weighted by Crippen LogP contribution is 2.74. The lowest BCUT2D eigenvalue weighted by atomic mass is 9.36. The van der Waals surface area contributed by atoms with Gasteiger partial charge in [-0.3, -0.25) is 4.79 Å². The third-order valence-corrected chi connectivity index (χ3v) is 14.2. The Balaban J connectivity index is 1.79. The third kappa shape index (κ3) is 8.90. The molecule has 0 aromatic rings. The molecule has 0 aromatic carbocycles. The predicted octanol–water partition coefficient (Wildman–Crippen LogP) is 5.97. The molecule has 3 fully saturated rings. The van der Waals surface area contributed by atoms with Crippen LogP contribution in [-0.4, -0.2) is 108 Å². The number of ketones is 1. The second-order valence-corrected chi connectivity index (χ2v) is 18.3. The molecular formula is C43H68O13. The van der Waals surface area contributed by atoms with E-state index in [9.17, 15) is 24.0 Å². The van der Waals surface area contributed by atoms with E-state index < -0.39 is 53.2 Å². The molecule has 13 nitrogen and oxygen atoms in total. The zero-order valence-corrected chi connectivity index (χ0v) is 36.0. The molecule has 4 rings (SSSR count). The molecule has 4 aliphatic carbocycles. The molecule has 9 atom stereocenters. The van der Waals surface area contributed by atoms with Crippen LogP contribution in [0.1, 0.15) is 114 Å². The number of rotatable bonds is 18. The van der Waals surface area contributed by atoms with Crippen molar-refractivity contribution in [1.29, 1.82) is 0 Å². The van der Waals surface area contributed by atoms with Crippen molar-refractivity contribution in [1.82, 2.24) is 0 Å². The minimum Gasteiger partial charge on any atom is -0.460 e. The van der Waals surface area contributed by atoms with E-state index in [-0.39, 0.29) is 66.8 Å². The van der Waals surface area contributed by atoms with E-state index in [1.807, 2.05) is 0 Å². The number of Topliss-reactive ketones (excluding diaryl/α,β-unsaturated/α-hetero) is 1. The van der Waals surface area contributed by atoms with Crippen molar-refractivity contribution < 1.29 is 61.9 Å². The first-order valence-electron chi connectivity index (χ1n) is 20.3. The summed E-state index contributed by atoms with van der Waals surface area (Å²) in [4.78, 5) is 65.6. The molecule has 0 bridgehead atoms. The number of fused-ring (bicyclic) bond motifs is 5. The summed E-state index contributed by atoms with van der Waals surface area (Å²) in [6.07, 6.45) is 2.74. The molecular weight excluding hydrogens is 724 g/mol. The second kappa shape index (κ2) is 18.0. The van der Waals surface area contributed by atoms with E-state index in [1.165, 1.54) is 32.5 Å². The van der Waals surface area contributed by atoms with Gasteiger partial charge >= 0.3 is 23.9 Å². The first kappa shape index (κ1) is 45.8. The lowest BCUT2D eigenvalue weighted by molar-refractivity contribution is -0.219. The Morgan fingerprint density at radius 2 is 1.41 bits per heavy atom. The van der Waals surface area contributed by atoms with Gasteiger partial charge in [0.1, 0.15) is 50.0 Å². The van der Waals surface area contributed by atoms with Crippen molar-refractivity contribution in [2.45, 2.75) is 138 Å². The molecule has 0 spiro atoms. The summed E-state index contributed by atoms with van der Waals surface area (Å²) in [5, 5.41) is 0. The summed E-state index contributed by atoms with van der Waals surface area (Å²) in [5.74, 6) is -2.20. The Morgan fingerprint density at radius 3 is 2.02 bits per heavy atom. The molecule has 0 aromatic heterocycles. The summed E-state index contributed by atoms with van der Waals surface area (Å²) >= 11 is 0. The molecule has 56 heavy (non-hydrogen) atoms. The van der Waals surface area contributed by atoms with Crippen molar-refractivity contribution in [3.8, 4) is 0 Å². The number of carbonyl (C=O) groups excluding carboxylic acids is 5. The molecule has 0 amide bonds. The van der Waals surface area contributed by atoms with E-state index in [1.54, 1.807) is 20.8 Å². The predicted molar refractivity (Wildman–Crippen MR) is 205 cm³/mol. The first-order chi connectivity index (χ1) is 26.2. The molecule has 3 saturated carbocycles. The minimum absolute atomic E-state index is 0.00448. The van der Waals surface area contributed by atoms with Gasteiger partial charge in [0.05, 0.1) is 0 Å². The monoisotopic (exact) mass is 792 g/mol. The molecule has 0 heterocycles. The molecule has 318 valence electrons. The smallest absolute Gasteiger partial charge is 0.332 e. The number of hydrogen-bond donors (Lipinski definition) is 0. The Hall–Kier alpha value is -2.87. The van der Waals surface area contributed by atoms with E-state index in [2.05, 4.69) is 41.5 Å². The number of methoxy groups -OCH3 is 3. The van der Waals surface area contributed by atoms with Gasteiger partial charge in [0.15, 0.2) is 6.10 Å². The Labute approximate surface area is 333 Å². The zero-order chi connectivity index (χ0) is 41.9. The fourth-order valence-electron chi connectivity index (χ4n) is 11.6. The van der Waals surface area contributed by atoms with E-state index in [0.717, 1.165) is 32.1 Å². The summed E-state index contributed by atoms with van der Waals surface area (Å²) in [6.45, 7) is 17.4. The van der Waals surface area contributed by atoms with Crippen LogP contribution in [-0.2, 0) is 61.9 Å². The van der Waals surface area contributed by atoms with Gasteiger partial charge in [-0.05, 0) is 87.4 Å². The van der Waals surface area contributed by atoms with Crippen molar-refractivity contribution >= 4 is 29.7 Å². The van der Waals surface area contributed by atoms with Gasteiger partial charge in [0.25, 0.3) is 0 Å². The van der Waals surface area contributed by atoms with Gasteiger partial charge in [0, 0.05) is 52.1 Å². The average Bonchev–Trinajstić information content (AvgIpc) is 3.45. The number of allylic oxidation sites excluding steroid dienone is 1. The number of esters is 4. The van der Waals surface area contributed by atoms with Crippen molar-refractivity contribution in [3.63, 3.8) is 0 Å². The van der Waals surface area contributed by atoms with Crippen LogP contribution in [0.25, 0.3) is 0 Å². The Kier molecular flexibility index (Phi) is 14.7. The fraction of sp³-hybridized carbons (Fsp3) is 0.837. The van der Waals surface area contributed by atoms with Crippen LogP contribution in [0.4, 0.5) is 0 Å². The van der Waals surface area contributed by atoms with E-state index in [0.29, 0.717) is 25.2 Å². The topological polar surface area (TPSA) is 159 Å². The Morgan fingerprint density at radius 1 is 0.804 bits per heavy atom. The van der Waals surface area contributed by atoms with Gasteiger partial charge in [-0.2, -0.15) is 0 Å². The first-order valence-corrected chi connectivity index (χ1v) is 20.3. The van der Waals surface area contributed by atoms with Gasteiger partial charge in [-0.25, -0.2) is 19.2 Å². The van der Waals surface area contributed by atoms with Gasteiger partial charge in [-0.15, -0.1) is 0 Å². The highest BCUT2D eigenvalue weighted by Gasteiger charge is 2.70. The Bertz CT molecular complexity index is 1500. The molecule has 13 heteroatoms. The standard InChI is InChI=1S/C43H68O13/c1-13-52-25-36(48)56-40(5,6)38(55-35(47)24-51-12)30(54-34(46)23-50-11)20-26(2)27-14-18-42(8)28(27)21-29(53-33(45)22-49-10)37-41(7)17-16-32(44)39(3,4)31(41)15-19-43(37,42)9/h26,29-31,37-38H,13-25H2,1-12H3/t26-,29+,30+,31+,37+,38-,41+,42+,43+/m1/s1. The fourth-order valence-corrected chi connectivity index (χ4v) is 11.6. The largest absolute Gasteiger partial charge is 0.460 e. The van der Waals surface area contributed by atoms with Crippen molar-refractivity contribution in [2.24, 2.45) is 39.4 Å². The van der Waals surface area contributed by atoms with Crippen molar-refractivity contribution in [2.75, 3.05) is 54.4 Å². The lowest BCUT2D eigenvalue weighted by Crippen LogP contribution is -2.66. The highest BCUT2D eigenvalue weighted by atomic mass is 16.6. The molecule has 0 radical (unpaired) electrons. The summed E-state index contributed by atoms with van der Waals surface area (Å²) in [6, 6.07) is 0. The van der Waals surface area contributed by atoms with Crippen LogP contribution < -0.4 is 0 Å². The summed E-state index contributed by atoms with van der Waals surface area (Å²) < 4.78 is 44.9. The highest BCUT2D eigenvalue weighted by molar-refractivity contribution is 5.85. The molecule has 0 aliphatic heterocycles. The van der Waals surface area contributed by atoms with Gasteiger partial charge in [0.2, 0.25) is 0 Å². The lowest BCUT2D eigenvalue weighted by Gasteiger charge is -2.69. The maximum absolute atomic E-state index is 13.3. The van der Waals surface area contributed by atoms with Gasteiger partial charge < -0.3 is 37.9 Å². The number of hydrogen-bond acceptors (Lipinski definition) is 13. The van der Waals surface area contributed by atoms with Gasteiger partial charge in [-0.1, -0.05) is 52.7 Å². The maximum Gasteiger partial charge on any atom is 0.332 e. The SMILES string of the molecule is CCOCC(=O)OC(C)(C)[C@H](OC(=O)COC)[C@H](C[C@@H](C)C1=C2C[C@H](OC(=O)COC)[C@H]3[C@@]4(C)CCC(=O)C(C)(C)[C@@H]4CC[C@]3(C)[C@@]2(C)CC1)OC(=O)COC. The maximum atomic E-state index is 13.3. The average molecular weight is 793 g/mol. The normalized spacial score (nSPS) is 31.3. The third-order valence-electron chi connectivity index (χ3n) is 14.2. The van der Waals surface area contributed by atoms with Crippen LogP contribution >= 0.6 is 0 Å². The van der Waals surface area contributed by atoms with E-state index >= 15 is 0 Å². The van der Waals surface area contributed by atoms with Crippen LogP contribution in [0.2, 0.25) is 0 Å². The van der Waals surface area contributed by atoms with E-state index in [4.69, 9.17) is 37.9 Å². The van der Waals surface area contributed by atoms with Crippen LogP contribution in [0.5, 0.6) is 0 Å². The quantitative estimate of drug-likeness (QED) is 0.0908. The molecule has 0 unspecified atom stereocenters. The minimum atomic E-state index is -1.45. The van der Waals surface area contributed by atoms with Crippen LogP contribution in [0.3, 0.4) is 0 Å². The molecule has 4 aliphatic rings.